The molecule has 4 aliphatic rings. The second-order valence-corrected chi connectivity index (χ2v) is 31.7. The first-order chi connectivity index (χ1) is 44.6. The molecule has 14 rings (SSSR count). The van der Waals surface area contributed by atoms with E-state index in [1.54, 1.807) is 72.8 Å². The van der Waals surface area contributed by atoms with Crippen molar-refractivity contribution in [2.45, 2.75) is 52.4 Å². The fraction of sp³-hybridized carbons (Fsp3) is 0.123. The van der Waals surface area contributed by atoms with Crippen LogP contribution in [0.1, 0.15) is 56.4 Å². The molecule has 0 saturated heterocycles. The molecule has 0 saturated carbocycles. The number of allylic oxidation sites excluding steroid dienone is 4. The summed E-state index contributed by atoms with van der Waals surface area (Å²) in [4.78, 5) is 12.3. The predicted octanol–water partition coefficient (Wildman–Crippen LogP) is 6.72. The topological polar surface area (TPSA) is 187 Å². The number of nitrogens with zero attached hydrogens (tertiary/aromatic N) is 8. The smallest absolute Gasteiger partial charge is 0.217 e. The van der Waals surface area contributed by atoms with Crippen LogP contribution in [0.3, 0.4) is 0 Å². The van der Waals surface area contributed by atoms with Crippen LogP contribution in [-0.4, -0.2) is 79.3 Å². The van der Waals surface area contributed by atoms with Crippen LogP contribution < -0.4 is 29.0 Å². The number of pyridine rings is 4. The van der Waals surface area contributed by atoms with Gasteiger partial charge in [0.1, 0.15) is 6.67 Å². The Balaban J connectivity index is 0.00000803. The molecule has 465 valence electrons. The number of fused-ring (bicyclic) bond motifs is 2. The van der Waals surface area contributed by atoms with Crippen molar-refractivity contribution in [2.24, 2.45) is 9.98 Å². The minimum Gasteiger partial charge on any atom is -0.321 e. The zero-order valence-corrected chi connectivity index (χ0v) is 57.8. The molecular formula is C73H62N8O8S4Y+4. The summed E-state index contributed by atoms with van der Waals surface area (Å²) < 4.78 is 117. The molecule has 6 aromatic heterocycles. The fourth-order valence-electron chi connectivity index (χ4n) is 12.8. The third kappa shape index (κ3) is 12.5. The largest absolute Gasteiger partial charge is 0.321 e. The second-order valence-electron chi connectivity index (χ2n) is 23.7. The van der Waals surface area contributed by atoms with Gasteiger partial charge < -0.3 is 9.13 Å². The van der Waals surface area contributed by atoms with Gasteiger partial charge in [0, 0.05) is 129 Å². The van der Waals surface area contributed by atoms with Crippen molar-refractivity contribution >= 4 is 73.1 Å². The van der Waals surface area contributed by atoms with Gasteiger partial charge in [0.15, 0.2) is 90.3 Å². The summed E-state index contributed by atoms with van der Waals surface area (Å²) in [6.45, 7) is 1.39. The molecule has 4 aromatic carbocycles. The summed E-state index contributed by atoms with van der Waals surface area (Å²) in [5, 5.41) is 1.59. The number of hydrogen-bond acceptors (Lipinski definition) is 10. The standard InChI is InChI=1S/C73H62N8O8S4.Y/c1-90(82,83)54-21-13-17-50(41-54)45-76-37-9-5-25-62(76)70-58-29-30-59(74-58)71(63-26-6-10-38-77(63)46-51-18-14-22-55(42-51)91(2,84)85)68-35-36-69-73(65-28-8-12-40-79(65)48-53-20-16-24-57(44-53)93(4,88)89)61-32-31-60(75-61)72(67-34-33-66(70)80(67)49-81(68)69)64-27-7-11-39-78(64)47-52-19-15-23-56(43-52)92(3,86)87;/h5-44H,45-49H2,1-4H3;/q+4;. The van der Waals surface area contributed by atoms with Crippen molar-refractivity contribution in [2.75, 3.05) is 25.0 Å². The third-order valence-electron chi connectivity index (χ3n) is 17.1. The number of aromatic nitrogens is 6. The summed E-state index contributed by atoms with van der Waals surface area (Å²) in [5.41, 5.74) is 13.5. The first-order valence-electron chi connectivity index (χ1n) is 29.9. The fourth-order valence-corrected chi connectivity index (χ4v) is 15.5. The van der Waals surface area contributed by atoms with Gasteiger partial charge in [-0.3, -0.25) is 0 Å². The van der Waals surface area contributed by atoms with Gasteiger partial charge in [0.25, 0.3) is 0 Å². The molecule has 0 aliphatic carbocycles. The summed E-state index contributed by atoms with van der Waals surface area (Å²) in [5.74, 6) is 0. The molecule has 10 heterocycles. The first-order valence-corrected chi connectivity index (χ1v) is 37.5. The zero-order chi connectivity index (χ0) is 64.6. The predicted molar refractivity (Wildman–Crippen MR) is 355 cm³/mol. The van der Waals surface area contributed by atoms with Crippen LogP contribution in [0.15, 0.2) is 284 Å². The summed E-state index contributed by atoms with van der Waals surface area (Å²) in [7, 11) is -14.2. The molecule has 0 spiro atoms. The van der Waals surface area contributed by atoms with Crippen LogP contribution in [0.4, 0.5) is 0 Å². The van der Waals surface area contributed by atoms with E-state index in [4.69, 9.17) is 9.98 Å². The molecule has 6 bridgehead atoms. The van der Waals surface area contributed by atoms with Crippen LogP contribution >= 0.6 is 0 Å². The van der Waals surface area contributed by atoms with Crippen molar-refractivity contribution in [1.82, 2.24) is 9.13 Å². The van der Waals surface area contributed by atoms with Gasteiger partial charge in [-0.25, -0.2) is 43.7 Å². The van der Waals surface area contributed by atoms with Crippen LogP contribution in [0.5, 0.6) is 0 Å². The van der Waals surface area contributed by atoms with Crippen LogP contribution in [-0.2, 0) is 105 Å². The van der Waals surface area contributed by atoms with Gasteiger partial charge in [-0.2, -0.15) is 18.3 Å². The average Bonchev–Trinajstić information content (AvgIpc) is 1.59. The number of rotatable bonds is 16. The molecule has 16 nitrogen and oxygen atoms in total. The maximum absolute atomic E-state index is 13.0. The normalized spacial score (nSPS) is 14.5. The molecule has 1 radical (unpaired) electrons. The van der Waals surface area contributed by atoms with E-state index < -0.39 is 39.3 Å². The van der Waals surface area contributed by atoms with Crippen molar-refractivity contribution < 1.29 is 84.6 Å². The van der Waals surface area contributed by atoms with Gasteiger partial charge in [0.05, 0.1) is 86.8 Å². The van der Waals surface area contributed by atoms with E-state index in [2.05, 4.69) is 75.9 Å². The third-order valence-corrected chi connectivity index (χ3v) is 21.5. The monoisotopic (exact) mass is 1400 g/mol. The number of hydrogen-bond donors (Lipinski definition) is 0. The maximum atomic E-state index is 13.0. The van der Waals surface area contributed by atoms with E-state index >= 15 is 0 Å². The summed E-state index contributed by atoms with van der Waals surface area (Å²) in [6.07, 6.45) is 20.9. The average molecular weight is 1400 g/mol. The number of sulfone groups is 4. The second kappa shape index (κ2) is 25.0. The Morgan fingerprint density at radius 2 is 0.638 bits per heavy atom. The molecular weight excluding hydrogens is 1330 g/mol. The molecule has 0 fully saturated rings. The molecule has 0 atom stereocenters. The molecule has 4 aliphatic heterocycles. The molecule has 21 heteroatoms. The number of aliphatic imine (C=N–C) groups is 2. The number of benzene rings is 4. The van der Waals surface area contributed by atoms with E-state index in [-0.39, 0.29) is 59.0 Å². The molecule has 0 unspecified atom stereocenters. The molecule has 10 aromatic rings. The van der Waals surface area contributed by atoms with Crippen LogP contribution in [0.25, 0.3) is 22.3 Å². The van der Waals surface area contributed by atoms with E-state index in [0.717, 1.165) is 89.4 Å². The quantitative estimate of drug-likeness (QED) is 0.0955. The van der Waals surface area contributed by atoms with Crippen LogP contribution in [0.2, 0.25) is 0 Å². The molecule has 0 amide bonds. The SMILES string of the molecule is CS(=O)(=O)c1cccc(C[n+]2ccccc2C2=C3C=CC(=N3)C(c3cccc[n+]3Cc3cccc(S(C)(=O)=O)c3)=c3ccc4n3Cn3c2ccc3C(c2cccc[n+]2Cc2cccc(S(C)(=O)=O)c2)=C2C=CC(=N2)C=4c2cccc[n+]2Cc2cccc(S(C)(=O)=O)c2)c1.[Y]. The van der Waals surface area contributed by atoms with Crippen molar-refractivity contribution in [3.8, 4) is 0 Å². The van der Waals surface area contributed by atoms with Crippen molar-refractivity contribution in [3.05, 3.63) is 322 Å². The van der Waals surface area contributed by atoms with Gasteiger partial charge in [-0.05, 0) is 121 Å². The Hall–Kier alpha value is -9.02. The Morgan fingerprint density at radius 3 is 0.936 bits per heavy atom. The molecule has 0 N–H and O–H groups in total. The summed E-state index contributed by atoms with van der Waals surface area (Å²) >= 11 is 0. The van der Waals surface area contributed by atoms with E-state index in [9.17, 15) is 33.7 Å². The van der Waals surface area contributed by atoms with Gasteiger partial charge in [-0.1, -0.05) is 48.5 Å². The van der Waals surface area contributed by atoms with E-state index in [1.807, 2.05) is 122 Å². The van der Waals surface area contributed by atoms with E-state index in [0.29, 0.717) is 49.0 Å². The van der Waals surface area contributed by atoms with Crippen molar-refractivity contribution in [3.63, 3.8) is 0 Å². The zero-order valence-electron chi connectivity index (χ0n) is 51.7. The minimum absolute atomic E-state index is 0. The Kier molecular flexibility index (Phi) is 17.0. The maximum Gasteiger partial charge on any atom is 0.217 e. The first kappa shape index (κ1) is 63.7. The van der Waals surface area contributed by atoms with E-state index in [1.165, 1.54) is 25.0 Å². The van der Waals surface area contributed by atoms with Gasteiger partial charge >= 0.3 is 0 Å². The summed E-state index contributed by atoms with van der Waals surface area (Å²) in [6, 6.07) is 60.5. The Labute approximate surface area is 571 Å². The Bertz CT molecular complexity index is 5340. The Morgan fingerprint density at radius 1 is 0.340 bits per heavy atom. The minimum atomic E-state index is -3.54. The van der Waals surface area contributed by atoms with Crippen molar-refractivity contribution in [1.29, 1.82) is 0 Å². The van der Waals surface area contributed by atoms with Gasteiger partial charge in [0.2, 0.25) is 22.8 Å². The van der Waals surface area contributed by atoms with Crippen LogP contribution in [0, 0.1) is 0 Å². The van der Waals surface area contributed by atoms with Gasteiger partial charge in [-0.15, -0.1) is 0 Å². The molecule has 94 heavy (non-hydrogen) atoms.